The van der Waals surface area contributed by atoms with Crippen molar-refractivity contribution in [2.24, 2.45) is 7.05 Å². The van der Waals surface area contributed by atoms with Crippen molar-refractivity contribution in [2.45, 2.75) is 19.9 Å². The number of carbonyl (C=O) groups is 1. The van der Waals surface area contributed by atoms with Gasteiger partial charge in [-0.15, -0.1) is 0 Å². The minimum Gasteiger partial charge on any atom is -0.478 e. The summed E-state index contributed by atoms with van der Waals surface area (Å²) >= 11 is 0. The maximum Gasteiger partial charge on any atom is 0.337 e. The zero-order valence-electron chi connectivity index (χ0n) is 20.1. The average Bonchev–Trinajstić information content (AvgIpc) is 3.30. The molecule has 2 aromatic heterocycles. The van der Waals surface area contributed by atoms with Crippen molar-refractivity contribution in [1.82, 2.24) is 9.55 Å². The first-order valence-electron chi connectivity index (χ1n) is 11.6. The van der Waals surface area contributed by atoms with Crippen LogP contribution < -0.4 is 10.7 Å². The smallest absolute Gasteiger partial charge is 0.337 e. The van der Waals surface area contributed by atoms with Crippen LogP contribution in [0.2, 0.25) is 0 Å². The number of carboxylic acids is 1. The summed E-state index contributed by atoms with van der Waals surface area (Å²) in [5.74, 6) is -0.550. The number of aromatic nitrogens is 2. The molecule has 0 saturated heterocycles. The van der Waals surface area contributed by atoms with Crippen LogP contribution in [0.4, 0.5) is 5.69 Å². The highest BCUT2D eigenvalue weighted by Crippen LogP contribution is 2.32. The van der Waals surface area contributed by atoms with Gasteiger partial charge >= 0.3 is 5.97 Å². The number of nitrogens with one attached hydrogen (secondary N) is 1. The normalized spacial score (nSPS) is 12.0. The number of carboxylic acid groups (broad SMARTS) is 1. The van der Waals surface area contributed by atoms with E-state index in [2.05, 4.69) is 10.3 Å². The van der Waals surface area contributed by atoms with Gasteiger partial charge in [0.2, 0.25) is 0 Å². The number of benzene rings is 3. The molecule has 0 saturated carbocycles. The van der Waals surface area contributed by atoms with E-state index >= 15 is 0 Å². The molecule has 0 aliphatic rings. The molecule has 2 N–H and O–H groups in total. The largest absolute Gasteiger partial charge is 0.478 e. The SMILES string of the molecule is Cc1cc([C@H](C)Nc2ccccc2C(=O)O)c2oc(-c3ccc(-c4cn(C)cn4)cc3)cc(=O)c2c1. The van der Waals surface area contributed by atoms with Gasteiger partial charge in [0.25, 0.3) is 0 Å². The Morgan fingerprint density at radius 1 is 1.06 bits per heavy atom. The van der Waals surface area contributed by atoms with Crippen molar-refractivity contribution in [1.29, 1.82) is 0 Å². The Bertz CT molecular complexity index is 1650. The zero-order valence-corrected chi connectivity index (χ0v) is 20.1. The quantitative estimate of drug-likeness (QED) is 0.308. The zero-order chi connectivity index (χ0) is 25.4. The topological polar surface area (TPSA) is 97.4 Å². The molecule has 0 fully saturated rings. The number of hydrogen-bond acceptors (Lipinski definition) is 5. The molecule has 5 aromatic rings. The summed E-state index contributed by atoms with van der Waals surface area (Å²) in [5.41, 5.74) is 5.31. The molecule has 0 radical (unpaired) electrons. The highest BCUT2D eigenvalue weighted by atomic mass is 16.4. The summed E-state index contributed by atoms with van der Waals surface area (Å²) in [7, 11) is 1.92. The van der Waals surface area contributed by atoms with E-state index in [1.54, 1.807) is 30.6 Å². The molecule has 3 aromatic carbocycles. The van der Waals surface area contributed by atoms with Crippen LogP contribution in [0.25, 0.3) is 33.6 Å². The minimum absolute atomic E-state index is 0.136. The number of imidazole rings is 1. The van der Waals surface area contributed by atoms with E-state index in [0.717, 1.165) is 27.9 Å². The molecule has 5 rings (SSSR count). The first-order chi connectivity index (χ1) is 17.3. The lowest BCUT2D eigenvalue weighted by atomic mass is 10.00. The molecular formula is C29H25N3O4. The number of nitrogens with zero attached hydrogens (tertiary/aromatic N) is 2. The van der Waals surface area contributed by atoms with Crippen molar-refractivity contribution in [3.8, 4) is 22.6 Å². The maximum absolute atomic E-state index is 13.1. The van der Waals surface area contributed by atoms with E-state index < -0.39 is 5.97 Å². The second kappa shape index (κ2) is 9.19. The summed E-state index contributed by atoms with van der Waals surface area (Å²) in [6.07, 6.45) is 3.69. The number of fused-ring (bicyclic) bond motifs is 1. The molecule has 7 nitrogen and oxygen atoms in total. The molecule has 1 atom stereocenters. The van der Waals surface area contributed by atoms with E-state index in [9.17, 15) is 14.7 Å². The molecule has 2 heterocycles. The first kappa shape index (κ1) is 23.1. The van der Waals surface area contributed by atoms with Crippen molar-refractivity contribution >= 4 is 22.6 Å². The summed E-state index contributed by atoms with van der Waals surface area (Å²) in [6, 6.07) is 19.4. The van der Waals surface area contributed by atoms with Gasteiger partial charge in [-0.3, -0.25) is 4.79 Å². The Balaban J connectivity index is 1.56. The summed E-state index contributed by atoms with van der Waals surface area (Å²) in [6.45, 7) is 3.84. The van der Waals surface area contributed by atoms with Crippen molar-refractivity contribution in [2.75, 3.05) is 5.32 Å². The summed E-state index contributed by atoms with van der Waals surface area (Å²) in [4.78, 5) is 29.2. The van der Waals surface area contributed by atoms with Crippen LogP contribution >= 0.6 is 0 Å². The van der Waals surface area contributed by atoms with Crippen LogP contribution in [0, 0.1) is 6.92 Å². The number of rotatable bonds is 6. The number of hydrogen-bond donors (Lipinski definition) is 2. The Labute approximate surface area is 207 Å². The predicted molar refractivity (Wildman–Crippen MR) is 140 cm³/mol. The molecule has 0 unspecified atom stereocenters. The van der Waals surface area contributed by atoms with E-state index in [0.29, 0.717) is 22.4 Å². The lowest BCUT2D eigenvalue weighted by Gasteiger charge is -2.19. The fourth-order valence-electron chi connectivity index (χ4n) is 4.37. The molecular weight excluding hydrogens is 454 g/mol. The van der Waals surface area contributed by atoms with Crippen LogP contribution in [-0.4, -0.2) is 20.6 Å². The van der Waals surface area contributed by atoms with Gasteiger partial charge in [-0.05, 0) is 37.6 Å². The fraction of sp³-hybridized carbons (Fsp3) is 0.138. The van der Waals surface area contributed by atoms with Gasteiger partial charge in [0.1, 0.15) is 11.3 Å². The van der Waals surface area contributed by atoms with Gasteiger partial charge in [0, 0.05) is 41.7 Å². The lowest BCUT2D eigenvalue weighted by molar-refractivity contribution is 0.0698. The Morgan fingerprint density at radius 2 is 1.78 bits per heavy atom. The van der Waals surface area contributed by atoms with Gasteiger partial charge in [-0.25, -0.2) is 9.78 Å². The average molecular weight is 480 g/mol. The molecule has 0 bridgehead atoms. The van der Waals surface area contributed by atoms with Crippen LogP contribution in [0.5, 0.6) is 0 Å². The monoisotopic (exact) mass is 479 g/mol. The second-order valence-electron chi connectivity index (χ2n) is 8.92. The molecule has 180 valence electrons. The third-order valence-corrected chi connectivity index (χ3v) is 6.17. The molecule has 7 heteroatoms. The molecule has 0 aliphatic carbocycles. The van der Waals surface area contributed by atoms with Crippen LogP contribution in [-0.2, 0) is 7.05 Å². The third-order valence-electron chi connectivity index (χ3n) is 6.17. The number of aryl methyl sites for hydroxylation is 2. The lowest BCUT2D eigenvalue weighted by Crippen LogP contribution is -2.12. The Morgan fingerprint density at radius 3 is 2.47 bits per heavy atom. The van der Waals surface area contributed by atoms with Crippen molar-refractivity contribution in [3.05, 3.63) is 106 Å². The first-order valence-corrected chi connectivity index (χ1v) is 11.6. The van der Waals surface area contributed by atoms with Gasteiger partial charge in [-0.1, -0.05) is 42.5 Å². The van der Waals surface area contributed by atoms with Gasteiger partial charge in [0.15, 0.2) is 5.43 Å². The van der Waals surface area contributed by atoms with E-state index in [1.165, 1.54) is 6.07 Å². The molecule has 36 heavy (non-hydrogen) atoms. The molecule has 0 aliphatic heterocycles. The number of anilines is 1. The summed E-state index contributed by atoms with van der Waals surface area (Å²) < 4.78 is 8.21. The highest BCUT2D eigenvalue weighted by molar-refractivity contribution is 5.94. The molecule has 0 spiro atoms. The number of aromatic carboxylic acids is 1. The number of para-hydroxylation sites is 1. The molecule has 0 amide bonds. The standard InChI is InChI=1S/C29H25N3O4/c1-17-12-22(18(2)31-24-7-5-4-6-21(24)29(34)35)28-23(13-17)26(33)14-27(36-28)20-10-8-19(9-11-20)25-15-32(3)16-30-25/h4-16,18,31H,1-3H3,(H,34,35)/t18-/m0/s1. The summed E-state index contributed by atoms with van der Waals surface area (Å²) in [5, 5.41) is 13.3. The van der Waals surface area contributed by atoms with Crippen LogP contribution in [0.15, 0.2) is 88.5 Å². The highest BCUT2D eigenvalue weighted by Gasteiger charge is 2.18. The van der Waals surface area contributed by atoms with E-state index in [-0.39, 0.29) is 17.0 Å². The van der Waals surface area contributed by atoms with Crippen LogP contribution in [0.1, 0.15) is 34.5 Å². The predicted octanol–water partition coefficient (Wildman–Crippen LogP) is 6.04. The van der Waals surface area contributed by atoms with Gasteiger partial charge in [-0.2, -0.15) is 0 Å². The van der Waals surface area contributed by atoms with E-state index in [1.807, 2.05) is 68.1 Å². The van der Waals surface area contributed by atoms with Crippen molar-refractivity contribution < 1.29 is 14.3 Å². The minimum atomic E-state index is -1.01. The Hall–Kier alpha value is -4.65. The van der Waals surface area contributed by atoms with Gasteiger partial charge < -0.3 is 19.4 Å². The maximum atomic E-state index is 13.1. The second-order valence-corrected chi connectivity index (χ2v) is 8.92. The van der Waals surface area contributed by atoms with Crippen LogP contribution in [0.3, 0.4) is 0 Å². The third kappa shape index (κ3) is 4.38. The fourth-order valence-corrected chi connectivity index (χ4v) is 4.37. The Kier molecular flexibility index (Phi) is 5.90. The van der Waals surface area contributed by atoms with E-state index in [4.69, 9.17) is 4.42 Å². The van der Waals surface area contributed by atoms with Crippen molar-refractivity contribution in [3.63, 3.8) is 0 Å². The van der Waals surface area contributed by atoms with Gasteiger partial charge in [0.05, 0.1) is 29.0 Å².